The van der Waals surface area contributed by atoms with Gasteiger partial charge in [-0.25, -0.2) is 4.98 Å². The van der Waals surface area contributed by atoms with Gasteiger partial charge < -0.3 is 17.1 Å². The molecule has 64 heavy (non-hydrogen) atoms. The van der Waals surface area contributed by atoms with Gasteiger partial charge >= 0.3 is 0 Å². The van der Waals surface area contributed by atoms with Crippen molar-refractivity contribution in [3.05, 3.63) is 174 Å². The first-order valence-corrected chi connectivity index (χ1v) is 21.4. The van der Waals surface area contributed by atoms with Crippen LogP contribution >= 0.6 is 0 Å². The van der Waals surface area contributed by atoms with E-state index in [0.717, 1.165) is 73.6 Å². The maximum absolute atomic E-state index is 9.48. The van der Waals surface area contributed by atoms with Gasteiger partial charge in [0.1, 0.15) is 28.7 Å². The molecule has 3 aromatic heterocycles. The van der Waals surface area contributed by atoms with Gasteiger partial charge in [0, 0.05) is 59.4 Å². The Hall–Kier alpha value is -6.17. The van der Waals surface area contributed by atoms with E-state index in [0.29, 0.717) is 22.7 Å². The number of nitrogens with zero attached hydrogens (tertiary/aromatic N) is 4. The van der Waals surface area contributed by atoms with Crippen LogP contribution in [0.2, 0.25) is 0 Å². The van der Waals surface area contributed by atoms with Crippen LogP contribution in [0, 0.1) is 0 Å². The lowest BCUT2D eigenvalue weighted by Gasteiger charge is -2.21. The lowest BCUT2D eigenvalue weighted by Crippen LogP contribution is -3.00. The molecule has 0 atom stereocenters. The SMILES string of the molecule is [2H]C([2H])([2H])C([2H])(c1cccc(C([2H])(C([2H])([2H])[2H])C([2H])([2H])[2H])c1-n1c[n+](-c2cc(Oc3ccc4c5ccccc5n(-c5cc(C(C)(C)C)ccn5)c4c3)cc(-c3c(C(C)C)cccc3C(C)C)c2)c2ccccc21)C([2H])([2H])[2H].[Cl-]. The number of para-hydroxylation sites is 4. The van der Waals surface area contributed by atoms with Crippen molar-refractivity contribution in [2.45, 2.75) is 105 Å². The minimum absolute atomic E-state index is 0. The van der Waals surface area contributed by atoms with E-state index >= 15 is 0 Å². The van der Waals surface area contributed by atoms with Crippen LogP contribution in [-0.4, -0.2) is 14.1 Å². The number of hydrogen-bond acceptors (Lipinski definition) is 2. The summed E-state index contributed by atoms with van der Waals surface area (Å²) >= 11 is 0. The monoisotopic (exact) mass is 879 g/mol. The Balaban J connectivity index is 0.00000803. The Kier molecular flexibility index (Phi) is 8.18. The topological polar surface area (TPSA) is 35.9 Å². The van der Waals surface area contributed by atoms with Gasteiger partial charge in [0.15, 0.2) is 11.0 Å². The van der Waals surface area contributed by atoms with Crippen LogP contribution in [0.25, 0.3) is 61.2 Å². The van der Waals surface area contributed by atoms with Crippen molar-refractivity contribution in [3.8, 4) is 39.8 Å². The largest absolute Gasteiger partial charge is 1.00 e. The quantitative estimate of drug-likeness (QED) is 0.128. The standard InChI is InChI=1S/C58H61N4O.ClH/c1-36(2)45-19-16-20-46(37(3)4)56(45)40-30-42(60-35-61(53-25-15-14-24-52(53)60)57-47(38(5)6)21-17-22-48(57)39(7)8)33-44(31-40)63-43-26-27-50-49-18-12-13-23-51(49)62(54(50)34-43)55-32-41(28-29-59-55)58(9,10)11;/h12-39H,1-11H3;1H/q+1;/p-1/i5D3,6D3,7D3,8D3,38D,39D;. The van der Waals surface area contributed by atoms with Gasteiger partial charge in [-0.2, -0.15) is 9.13 Å². The van der Waals surface area contributed by atoms with Crippen LogP contribution in [0.15, 0.2) is 146 Å². The van der Waals surface area contributed by atoms with Crippen LogP contribution in [0.4, 0.5) is 0 Å². The molecule has 0 aliphatic rings. The first-order valence-electron chi connectivity index (χ1n) is 28.4. The smallest absolute Gasteiger partial charge is 0.255 e. The van der Waals surface area contributed by atoms with Gasteiger partial charge in [-0.1, -0.05) is 143 Å². The third-order valence-corrected chi connectivity index (χ3v) is 12.0. The average Bonchev–Trinajstić information content (AvgIpc) is 4.07. The fourth-order valence-corrected chi connectivity index (χ4v) is 8.92. The molecule has 0 saturated carbocycles. The molecule has 0 aliphatic carbocycles. The number of pyridine rings is 1. The van der Waals surface area contributed by atoms with E-state index in [1.54, 1.807) is 28.8 Å². The van der Waals surface area contributed by atoms with Crippen molar-refractivity contribution in [2.75, 3.05) is 0 Å². The van der Waals surface area contributed by atoms with E-state index in [2.05, 4.69) is 83.4 Å². The summed E-state index contributed by atoms with van der Waals surface area (Å²) in [6.07, 6.45) is 3.31. The van der Waals surface area contributed by atoms with Crippen molar-refractivity contribution < 1.29 is 40.9 Å². The van der Waals surface area contributed by atoms with Crippen molar-refractivity contribution in [1.29, 1.82) is 0 Å². The predicted octanol–water partition coefficient (Wildman–Crippen LogP) is 12.7. The number of hydrogen-bond donors (Lipinski definition) is 0. The molecular weight excluding hydrogens is 804 g/mol. The molecule has 9 rings (SSSR count). The Morgan fingerprint density at radius 3 is 1.91 bits per heavy atom. The number of benzene rings is 6. The van der Waals surface area contributed by atoms with Gasteiger partial charge in [-0.15, -0.1) is 0 Å². The normalized spacial score (nSPS) is 16.5. The van der Waals surface area contributed by atoms with E-state index in [1.165, 1.54) is 10.9 Å². The first kappa shape index (κ1) is 30.1. The zero-order chi connectivity index (χ0) is 56.2. The summed E-state index contributed by atoms with van der Waals surface area (Å²) in [6, 6.07) is 40.3. The summed E-state index contributed by atoms with van der Waals surface area (Å²) in [4.78, 5) is 4.86. The first-order chi connectivity index (χ1) is 35.8. The molecule has 0 unspecified atom stereocenters. The summed E-state index contributed by atoms with van der Waals surface area (Å²) in [5.41, 5.74) is 5.90. The van der Waals surface area contributed by atoms with Crippen LogP contribution < -0.4 is 21.7 Å². The van der Waals surface area contributed by atoms with Crippen molar-refractivity contribution in [1.82, 2.24) is 14.1 Å². The molecule has 326 valence electrons. The number of halogens is 1. The van der Waals surface area contributed by atoms with Crippen LogP contribution in [-0.2, 0) is 5.41 Å². The summed E-state index contributed by atoms with van der Waals surface area (Å²) in [5, 5.41) is 2.02. The van der Waals surface area contributed by atoms with Crippen molar-refractivity contribution >= 4 is 32.8 Å². The van der Waals surface area contributed by atoms with E-state index < -0.39 is 56.0 Å². The van der Waals surface area contributed by atoms with E-state index in [4.69, 9.17) is 26.2 Å². The molecule has 0 bridgehead atoms. The van der Waals surface area contributed by atoms with E-state index in [-0.39, 0.29) is 35.2 Å². The molecular formula is C58H61ClN4O. The fourth-order valence-electron chi connectivity index (χ4n) is 8.92. The Morgan fingerprint density at radius 2 is 1.25 bits per heavy atom. The molecule has 0 aliphatic heterocycles. The Morgan fingerprint density at radius 1 is 0.625 bits per heavy atom. The van der Waals surface area contributed by atoms with Crippen molar-refractivity contribution in [2.24, 2.45) is 0 Å². The second-order valence-electron chi connectivity index (χ2n) is 17.9. The second kappa shape index (κ2) is 17.4. The highest BCUT2D eigenvalue weighted by atomic mass is 35.5. The molecule has 0 spiro atoms. The minimum atomic E-state index is -3.59. The molecule has 0 amide bonds. The summed E-state index contributed by atoms with van der Waals surface area (Å²) in [7, 11) is 0. The molecule has 6 aromatic carbocycles. The number of rotatable bonds is 10. The molecule has 3 heterocycles. The van der Waals surface area contributed by atoms with Crippen LogP contribution in [0.5, 0.6) is 11.5 Å². The molecule has 0 radical (unpaired) electrons. The molecule has 9 aromatic rings. The highest BCUT2D eigenvalue weighted by Crippen LogP contribution is 2.41. The van der Waals surface area contributed by atoms with Crippen LogP contribution in [0.3, 0.4) is 0 Å². The highest BCUT2D eigenvalue weighted by molar-refractivity contribution is 6.09. The number of imidazole rings is 1. The molecule has 6 heteroatoms. The summed E-state index contributed by atoms with van der Waals surface area (Å²) in [5.74, 6) is -5.09. The Bertz CT molecular complexity index is 3620. The number of fused-ring (bicyclic) bond motifs is 4. The fraction of sp³-hybridized carbons (Fsp3) is 0.276. The minimum Gasteiger partial charge on any atom is -1.00 e. The summed E-state index contributed by atoms with van der Waals surface area (Å²) in [6.45, 7) is 0.632. The zero-order valence-corrected chi connectivity index (χ0v) is 37.8. The summed E-state index contributed by atoms with van der Waals surface area (Å²) < 4.78 is 134. The lowest BCUT2D eigenvalue weighted by molar-refractivity contribution is -0.567. The third-order valence-electron chi connectivity index (χ3n) is 12.0. The zero-order valence-electron chi connectivity index (χ0n) is 51.1. The maximum atomic E-state index is 9.48. The van der Waals surface area contributed by atoms with Gasteiger partial charge in [0.2, 0.25) is 0 Å². The van der Waals surface area contributed by atoms with E-state index in [1.807, 2.05) is 66.9 Å². The van der Waals surface area contributed by atoms with Gasteiger partial charge in [0.25, 0.3) is 6.33 Å². The molecule has 0 N–H and O–H groups in total. The van der Waals surface area contributed by atoms with Gasteiger partial charge in [-0.05, 0) is 111 Å². The van der Waals surface area contributed by atoms with Crippen molar-refractivity contribution in [3.63, 3.8) is 0 Å². The average molecular weight is 880 g/mol. The molecule has 0 saturated heterocycles. The van der Waals surface area contributed by atoms with Crippen LogP contribution in [0.1, 0.15) is 147 Å². The van der Waals surface area contributed by atoms with E-state index in [9.17, 15) is 2.74 Å². The molecule has 5 nitrogen and oxygen atoms in total. The second-order valence-corrected chi connectivity index (χ2v) is 17.9. The predicted molar refractivity (Wildman–Crippen MR) is 264 cm³/mol. The number of ether oxygens (including phenoxy) is 1. The Labute approximate surface area is 405 Å². The number of aromatic nitrogens is 4. The van der Waals surface area contributed by atoms with Gasteiger partial charge in [-0.3, -0.25) is 4.57 Å². The highest BCUT2D eigenvalue weighted by Gasteiger charge is 2.27. The lowest BCUT2D eigenvalue weighted by atomic mass is 9.85. The molecule has 0 fully saturated rings. The van der Waals surface area contributed by atoms with Gasteiger partial charge in [0.05, 0.1) is 11.0 Å². The maximum Gasteiger partial charge on any atom is 0.255 e. The third kappa shape index (κ3) is 8.00.